The summed E-state index contributed by atoms with van der Waals surface area (Å²) in [6.45, 7) is 5.72. The molecule has 7 nitrogen and oxygen atoms in total. The van der Waals surface area contributed by atoms with Gasteiger partial charge in [-0.1, -0.05) is 13.0 Å². The van der Waals surface area contributed by atoms with Crippen molar-refractivity contribution in [3.05, 3.63) is 63.1 Å². The van der Waals surface area contributed by atoms with E-state index in [1.54, 1.807) is 44.2 Å². The number of carbonyl (C=O) groups is 2. The number of anilines is 1. The van der Waals surface area contributed by atoms with Gasteiger partial charge in [-0.25, -0.2) is 0 Å². The maximum absolute atomic E-state index is 12.4. The number of nitrogens with one attached hydrogen (secondary N) is 2. The van der Waals surface area contributed by atoms with Crippen molar-refractivity contribution in [1.29, 1.82) is 5.26 Å². The van der Waals surface area contributed by atoms with E-state index in [9.17, 15) is 14.4 Å². The minimum absolute atomic E-state index is 0.0305. The van der Waals surface area contributed by atoms with Crippen molar-refractivity contribution in [2.45, 2.75) is 33.7 Å². The van der Waals surface area contributed by atoms with E-state index in [2.05, 4.69) is 10.6 Å². The van der Waals surface area contributed by atoms with Gasteiger partial charge in [-0.2, -0.15) is 5.26 Å². The number of pyridine rings is 1. The molecule has 0 spiro atoms. The topological polar surface area (TPSA) is 104 Å². The molecule has 7 heteroatoms. The number of hydrogen-bond acceptors (Lipinski definition) is 4. The molecule has 0 atom stereocenters. The zero-order valence-corrected chi connectivity index (χ0v) is 15.6. The molecule has 0 fully saturated rings. The lowest BCUT2D eigenvalue weighted by Gasteiger charge is -2.12. The largest absolute Gasteiger partial charge is 0.352 e. The van der Waals surface area contributed by atoms with Gasteiger partial charge >= 0.3 is 0 Å². The zero-order valence-electron chi connectivity index (χ0n) is 15.6. The van der Waals surface area contributed by atoms with E-state index in [0.717, 1.165) is 6.42 Å². The van der Waals surface area contributed by atoms with E-state index in [0.29, 0.717) is 29.1 Å². The number of benzene rings is 1. The molecule has 0 aliphatic carbocycles. The molecule has 2 rings (SSSR count). The lowest BCUT2D eigenvalue weighted by atomic mass is 10.1. The van der Waals surface area contributed by atoms with Crippen molar-refractivity contribution in [3.8, 4) is 6.07 Å². The fraction of sp³-hybridized carbons (Fsp3) is 0.300. The second-order valence-corrected chi connectivity index (χ2v) is 6.23. The van der Waals surface area contributed by atoms with Crippen LogP contribution in [0, 0.1) is 25.2 Å². The third-order valence-electron chi connectivity index (χ3n) is 4.06. The summed E-state index contributed by atoms with van der Waals surface area (Å²) < 4.78 is 1.26. The molecular weight excluding hydrogens is 344 g/mol. The predicted octanol–water partition coefficient (Wildman–Crippen LogP) is 2.12. The summed E-state index contributed by atoms with van der Waals surface area (Å²) in [7, 11) is 0. The lowest BCUT2D eigenvalue weighted by molar-refractivity contribution is -0.116. The number of aromatic nitrogens is 1. The smallest absolute Gasteiger partial charge is 0.269 e. The standard InChI is InChI=1S/C20H22N4O3/c1-4-8-22-19(26)15-6-5-7-16(10-15)23-18(25)12-24-14(3)9-13(2)17(11-21)20(24)27/h5-7,9-10H,4,8,12H2,1-3H3,(H,22,26)(H,23,25). The lowest BCUT2D eigenvalue weighted by Crippen LogP contribution is -2.31. The summed E-state index contributed by atoms with van der Waals surface area (Å²) in [5.74, 6) is -0.628. The Labute approximate surface area is 157 Å². The van der Waals surface area contributed by atoms with Crippen LogP contribution in [0.2, 0.25) is 0 Å². The fourth-order valence-electron chi connectivity index (χ4n) is 2.68. The summed E-state index contributed by atoms with van der Waals surface area (Å²) in [5, 5.41) is 14.6. The Morgan fingerprint density at radius 3 is 2.63 bits per heavy atom. The molecule has 2 amide bonds. The molecule has 140 valence electrons. The van der Waals surface area contributed by atoms with Crippen LogP contribution in [0.3, 0.4) is 0 Å². The second kappa shape index (κ2) is 8.81. The van der Waals surface area contributed by atoms with Crippen molar-refractivity contribution in [1.82, 2.24) is 9.88 Å². The second-order valence-electron chi connectivity index (χ2n) is 6.23. The molecule has 0 aliphatic heterocycles. The summed E-state index contributed by atoms with van der Waals surface area (Å²) >= 11 is 0. The Hall–Kier alpha value is -3.40. The van der Waals surface area contributed by atoms with Crippen molar-refractivity contribution < 1.29 is 9.59 Å². The van der Waals surface area contributed by atoms with Crippen LogP contribution in [0.5, 0.6) is 0 Å². The van der Waals surface area contributed by atoms with Gasteiger partial charge in [0.1, 0.15) is 18.2 Å². The van der Waals surface area contributed by atoms with Crippen LogP contribution in [0.15, 0.2) is 35.1 Å². The van der Waals surface area contributed by atoms with Crippen LogP contribution in [-0.4, -0.2) is 22.9 Å². The number of nitrogens with zero attached hydrogens (tertiary/aromatic N) is 2. The van der Waals surface area contributed by atoms with Crippen LogP contribution < -0.4 is 16.2 Å². The molecule has 1 aromatic heterocycles. The third kappa shape index (κ3) is 4.82. The van der Waals surface area contributed by atoms with Crippen molar-refractivity contribution in [3.63, 3.8) is 0 Å². The van der Waals surface area contributed by atoms with Crippen molar-refractivity contribution in [2.75, 3.05) is 11.9 Å². The highest BCUT2D eigenvalue weighted by Gasteiger charge is 2.13. The first-order valence-corrected chi connectivity index (χ1v) is 8.66. The predicted molar refractivity (Wildman–Crippen MR) is 103 cm³/mol. The summed E-state index contributed by atoms with van der Waals surface area (Å²) in [6.07, 6.45) is 0.831. The van der Waals surface area contributed by atoms with E-state index in [1.165, 1.54) is 4.57 Å². The van der Waals surface area contributed by atoms with Gasteiger partial charge in [0, 0.05) is 23.5 Å². The van der Waals surface area contributed by atoms with Crippen LogP contribution in [-0.2, 0) is 11.3 Å². The first-order chi connectivity index (χ1) is 12.9. The Morgan fingerprint density at radius 2 is 1.96 bits per heavy atom. The Morgan fingerprint density at radius 1 is 1.22 bits per heavy atom. The molecule has 0 saturated heterocycles. The van der Waals surface area contributed by atoms with E-state index in [4.69, 9.17) is 5.26 Å². The Kier molecular flexibility index (Phi) is 6.50. The minimum atomic E-state index is -0.488. The fourth-order valence-corrected chi connectivity index (χ4v) is 2.68. The van der Waals surface area contributed by atoms with Crippen molar-refractivity contribution in [2.24, 2.45) is 0 Å². The van der Waals surface area contributed by atoms with Gasteiger partial charge in [-0.15, -0.1) is 0 Å². The summed E-state index contributed by atoms with van der Waals surface area (Å²) in [5.41, 5.74) is 1.63. The zero-order chi connectivity index (χ0) is 20.0. The van der Waals surface area contributed by atoms with Gasteiger partial charge in [0.05, 0.1) is 0 Å². The molecule has 1 aromatic carbocycles. The van der Waals surface area contributed by atoms with Crippen LogP contribution in [0.25, 0.3) is 0 Å². The molecule has 0 saturated carbocycles. The van der Waals surface area contributed by atoms with Gasteiger partial charge in [-0.3, -0.25) is 14.4 Å². The van der Waals surface area contributed by atoms with Gasteiger partial charge in [0.2, 0.25) is 5.91 Å². The van der Waals surface area contributed by atoms with Gasteiger partial charge in [-0.05, 0) is 50.1 Å². The molecule has 27 heavy (non-hydrogen) atoms. The SMILES string of the molecule is CCCNC(=O)c1cccc(NC(=O)Cn2c(C)cc(C)c(C#N)c2=O)c1. The van der Waals surface area contributed by atoms with Crippen LogP contribution in [0.1, 0.15) is 40.5 Å². The summed E-state index contributed by atoms with van der Waals surface area (Å²) in [6, 6.07) is 10.2. The third-order valence-corrected chi connectivity index (χ3v) is 4.06. The van der Waals surface area contributed by atoms with Gasteiger partial charge in [0.15, 0.2) is 0 Å². The van der Waals surface area contributed by atoms with Crippen LogP contribution in [0.4, 0.5) is 5.69 Å². The molecule has 2 aromatic rings. The summed E-state index contributed by atoms with van der Waals surface area (Å²) in [4.78, 5) is 36.8. The molecule has 2 N–H and O–H groups in total. The quantitative estimate of drug-likeness (QED) is 0.817. The highest BCUT2D eigenvalue weighted by Crippen LogP contribution is 2.11. The number of rotatable bonds is 6. The van der Waals surface area contributed by atoms with Crippen molar-refractivity contribution >= 4 is 17.5 Å². The van der Waals surface area contributed by atoms with Gasteiger partial charge < -0.3 is 15.2 Å². The highest BCUT2D eigenvalue weighted by atomic mass is 16.2. The minimum Gasteiger partial charge on any atom is -0.352 e. The molecule has 0 unspecified atom stereocenters. The molecule has 0 bridgehead atoms. The molecule has 1 heterocycles. The maximum atomic E-state index is 12.4. The number of carbonyl (C=O) groups excluding carboxylic acids is 2. The average Bonchev–Trinajstić information content (AvgIpc) is 2.63. The van der Waals surface area contributed by atoms with E-state index < -0.39 is 11.5 Å². The highest BCUT2D eigenvalue weighted by molar-refractivity contribution is 5.97. The number of nitriles is 1. The monoisotopic (exact) mass is 366 g/mol. The molecular formula is C20H22N4O3. The maximum Gasteiger partial charge on any atom is 0.269 e. The number of amides is 2. The van der Waals surface area contributed by atoms with E-state index in [1.807, 2.05) is 13.0 Å². The van der Waals surface area contributed by atoms with E-state index >= 15 is 0 Å². The van der Waals surface area contributed by atoms with E-state index in [-0.39, 0.29) is 18.0 Å². The Balaban J connectivity index is 2.17. The molecule has 0 radical (unpaired) electrons. The van der Waals surface area contributed by atoms with Crippen LogP contribution >= 0.6 is 0 Å². The first kappa shape index (κ1) is 19.9. The average molecular weight is 366 g/mol. The van der Waals surface area contributed by atoms with Gasteiger partial charge in [0.25, 0.3) is 11.5 Å². The first-order valence-electron chi connectivity index (χ1n) is 8.66. The normalized spacial score (nSPS) is 10.1. The Bertz CT molecular complexity index is 970. The number of hydrogen-bond donors (Lipinski definition) is 2. The number of aryl methyl sites for hydroxylation is 2. The molecule has 0 aliphatic rings.